The Morgan fingerprint density at radius 3 is 2.30 bits per heavy atom. The molecule has 0 bridgehead atoms. The number of piperazine rings is 1. The number of carbonyl (C=O) groups is 3. The number of aliphatic hydroxyl groups excluding tert-OH is 1. The van der Waals surface area contributed by atoms with Gasteiger partial charge >= 0.3 is 0 Å². The lowest BCUT2D eigenvalue weighted by atomic mass is 9.78. The molecule has 3 aliphatic rings. The van der Waals surface area contributed by atoms with E-state index in [9.17, 15) is 19.5 Å². The van der Waals surface area contributed by atoms with Crippen LogP contribution in [0.4, 0.5) is 0 Å². The van der Waals surface area contributed by atoms with E-state index in [-0.39, 0.29) is 36.0 Å². The van der Waals surface area contributed by atoms with Crippen LogP contribution in [0.2, 0.25) is 0 Å². The van der Waals surface area contributed by atoms with Gasteiger partial charge in [-0.05, 0) is 86.9 Å². The molecule has 254 valence electrons. The zero-order valence-corrected chi connectivity index (χ0v) is 28.4. The van der Waals surface area contributed by atoms with Gasteiger partial charge in [-0.1, -0.05) is 50.7 Å². The molecule has 0 radical (unpaired) electrons. The van der Waals surface area contributed by atoms with Gasteiger partial charge in [-0.15, -0.1) is 18.3 Å². The van der Waals surface area contributed by atoms with Crippen molar-refractivity contribution in [3.8, 4) is 23.3 Å². The summed E-state index contributed by atoms with van der Waals surface area (Å²) in [6.07, 6.45) is 7.19. The molecule has 3 N–H and O–H groups in total. The largest absolute Gasteiger partial charge is 0.457 e. The third-order valence-electron chi connectivity index (χ3n) is 9.85. The number of ether oxygens (including phenoxy) is 1. The van der Waals surface area contributed by atoms with E-state index < -0.39 is 17.7 Å². The molecule has 2 heterocycles. The van der Waals surface area contributed by atoms with E-state index in [1.165, 1.54) is 6.42 Å². The van der Waals surface area contributed by atoms with Gasteiger partial charge < -0.3 is 25.4 Å². The summed E-state index contributed by atoms with van der Waals surface area (Å²) in [4.78, 5) is 44.0. The number of likely N-dealkylation sites (tertiary alicyclic amines) is 1. The number of carbonyl (C=O) groups excluding carboxylic acids is 3. The number of amides is 3. The molecule has 9 nitrogen and oxygen atoms in total. The first-order valence-corrected chi connectivity index (χ1v) is 16.9. The van der Waals surface area contributed by atoms with Crippen LogP contribution < -0.4 is 15.4 Å². The number of nitrogens with one attached hydrogen (secondary N) is 2. The molecule has 0 unspecified atom stereocenters. The van der Waals surface area contributed by atoms with Gasteiger partial charge in [-0.2, -0.15) is 0 Å². The van der Waals surface area contributed by atoms with Gasteiger partial charge in [0.05, 0.1) is 12.6 Å². The predicted octanol–water partition coefficient (Wildman–Crippen LogP) is 5.06. The molecule has 1 saturated carbocycles. The number of piperidine rings is 1. The van der Waals surface area contributed by atoms with E-state index in [0.717, 1.165) is 50.6 Å². The summed E-state index contributed by atoms with van der Waals surface area (Å²) in [6.45, 7) is 6.81. The number of nitrogens with zero attached hydrogens (tertiary/aromatic N) is 2. The van der Waals surface area contributed by atoms with Crippen LogP contribution >= 0.6 is 12.4 Å². The Morgan fingerprint density at radius 1 is 1.04 bits per heavy atom. The molecule has 10 heteroatoms. The van der Waals surface area contributed by atoms with Crippen LogP contribution in [-0.4, -0.2) is 76.5 Å². The van der Waals surface area contributed by atoms with Gasteiger partial charge in [0.2, 0.25) is 11.8 Å². The molecule has 5 rings (SSSR count). The van der Waals surface area contributed by atoms with E-state index in [2.05, 4.69) is 34.3 Å². The monoisotopic (exact) mass is 664 g/mol. The first-order chi connectivity index (χ1) is 22.3. The van der Waals surface area contributed by atoms with Gasteiger partial charge in [0.25, 0.3) is 5.91 Å². The molecule has 3 fully saturated rings. The van der Waals surface area contributed by atoms with Gasteiger partial charge in [0.1, 0.15) is 23.1 Å². The fourth-order valence-electron chi connectivity index (χ4n) is 7.08. The Bertz CT molecular complexity index is 1410. The average molecular weight is 665 g/mol. The zero-order chi connectivity index (χ0) is 32.5. The van der Waals surface area contributed by atoms with Crippen molar-refractivity contribution in [2.75, 3.05) is 26.2 Å². The Morgan fingerprint density at radius 2 is 1.68 bits per heavy atom. The van der Waals surface area contributed by atoms with Crippen LogP contribution in [0.15, 0.2) is 48.5 Å². The molecule has 2 aliphatic heterocycles. The van der Waals surface area contributed by atoms with Gasteiger partial charge in [0.15, 0.2) is 0 Å². The number of rotatable bonds is 11. The highest BCUT2D eigenvalue weighted by atomic mass is 35.5. The van der Waals surface area contributed by atoms with Crippen molar-refractivity contribution in [3.63, 3.8) is 0 Å². The molecule has 2 aromatic carbocycles. The minimum absolute atomic E-state index is 0. The number of unbranched alkanes of at least 4 members (excludes halogenated alkanes) is 1. The Balaban J connectivity index is 0.00000500. The summed E-state index contributed by atoms with van der Waals surface area (Å²) in [6, 6.07) is 14.1. The Kier molecular flexibility index (Phi) is 13.1. The molecule has 2 atom stereocenters. The van der Waals surface area contributed by atoms with Gasteiger partial charge in [-0.25, -0.2) is 0 Å². The maximum absolute atomic E-state index is 13.9. The molecule has 1 spiro atoms. The minimum Gasteiger partial charge on any atom is -0.457 e. The van der Waals surface area contributed by atoms with E-state index in [1.54, 1.807) is 31.2 Å². The number of hydrogen-bond donors (Lipinski definition) is 3. The smallest absolute Gasteiger partial charge is 0.252 e. The lowest BCUT2D eigenvalue weighted by Gasteiger charge is -2.52. The van der Waals surface area contributed by atoms with Gasteiger partial charge in [-0.3, -0.25) is 19.3 Å². The lowest BCUT2D eigenvalue weighted by molar-refractivity contribution is -0.166. The first kappa shape index (κ1) is 36.3. The van der Waals surface area contributed by atoms with Crippen LogP contribution in [0.1, 0.15) is 87.6 Å². The van der Waals surface area contributed by atoms with Crippen molar-refractivity contribution >= 4 is 30.1 Å². The molecule has 1 aliphatic carbocycles. The second kappa shape index (κ2) is 17.0. The van der Waals surface area contributed by atoms with Gasteiger partial charge in [0, 0.05) is 31.7 Å². The average Bonchev–Trinajstić information content (AvgIpc) is 3.08. The molecule has 3 amide bonds. The predicted molar refractivity (Wildman–Crippen MR) is 184 cm³/mol. The second-order valence-electron chi connectivity index (χ2n) is 12.9. The van der Waals surface area contributed by atoms with Crippen LogP contribution in [0.5, 0.6) is 11.5 Å². The standard InChI is InChI=1S/C37H48N4O5.ClH/c1-3-5-22-38-34(43)29-14-18-31(19-15-29)46-30-16-12-27(13-17-30)26-40-24-20-37(21-25-40)36(45)39-32(35(44)41(37)23-6-4-2)33(42)28-10-8-7-9-11-28;/h12-19,28,32-33,42H,4,6-11,20-26H2,1-2H3,(H,38,43)(H,39,45);1H/t32-,33-;/m1./s1. The van der Waals surface area contributed by atoms with Crippen molar-refractivity contribution in [1.82, 2.24) is 20.4 Å². The van der Waals surface area contributed by atoms with Crippen molar-refractivity contribution in [2.45, 2.75) is 95.9 Å². The fourth-order valence-corrected chi connectivity index (χ4v) is 7.08. The summed E-state index contributed by atoms with van der Waals surface area (Å²) >= 11 is 0. The zero-order valence-electron chi connectivity index (χ0n) is 27.6. The van der Waals surface area contributed by atoms with E-state index in [0.29, 0.717) is 56.1 Å². The van der Waals surface area contributed by atoms with Crippen molar-refractivity contribution < 1.29 is 24.2 Å². The summed E-state index contributed by atoms with van der Waals surface area (Å²) in [5.74, 6) is 6.57. The normalized spacial score (nSPS) is 20.4. The molecule has 0 aromatic heterocycles. The van der Waals surface area contributed by atoms with Crippen molar-refractivity contribution in [3.05, 3.63) is 59.7 Å². The Hall–Kier alpha value is -3.58. The summed E-state index contributed by atoms with van der Waals surface area (Å²) < 4.78 is 5.99. The molecular weight excluding hydrogens is 616 g/mol. The SMILES string of the molecule is CC#CCNC(=O)c1ccc(Oc2ccc(CN3CCC4(CC3)C(=O)N[C@H]([C@H](O)C3CCCCC3)C(=O)N4CCCC)cc2)cc1.Cl. The highest BCUT2D eigenvalue weighted by molar-refractivity contribution is 6.00. The topological polar surface area (TPSA) is 111 Å². The summed E-state index contributed by atoms with van der Waals surface area (Å²) in [5.41, 5.74) is 0.820. The molecular formula is C37H49ClN4O5. The highest BCUT2D eigenvalue weighted by Crippen LogP contribution is 2.36. The maximum Gasteiger partial charge on any atom is 0.252 e. The van der Waals surface area contributed by atoms with Crippen LogP contribution in [0.25, 0.3) is 0 Å². The highest BCUT2D eigenvalue weighted by Gasteiger charge is 2.55. The number of hydrogen-bond acceptors (Lipinski definition) is 6. The van der Waals surface area contributed by atoms with Crippen LogP contribution in [0.3, 0.4) is 0 Å². The van der Waals surface area contributed by atoms with Crippen molar-refractivity contribution in [2.24, 2.45) is 5.92 Å². The Labute approximate surface area is 285 Å². The van der Waals surface area contributed by atoms with Crippen molar-refractivity contribution in [1.29, 1.82) is 0 Å². The number of aliphatic hydroxyl groups is 1. The lowest BCUT2D eigenvalue weighted by Crippen LogP contribution is -2.75. The summed E-state index contributed by atoms with van der Waals surface area (Å²) in [5, 5.41) is 16.9. The van der Waals surface area contributed by atoms with E-state index >= 15 is 0 Å². The van der Waals surface area contributed by atoms with E-state index in [1.807, 2.05) is 29.2 Å². The van der Waals surface area contributed by atoms with Crippen LogP contribution in [-0.2, 0) is 16.1 Å². The molecule has 2 saturated heterocycles. The fraction of sp³-hybridized carbons (Fsp3) is 0.541. The maximum atomic E-state index is 13.9. The number of halogens is 1. The summed E-state index contributed by atoms with van der Waals surface area (Å²) in [7, 11) is 0. The first-order valence-electron chi connectivity index (χ1n) is 16.9. The third kappa shape index (κ3) is 8.67. The minimum atomic E-state index is -0.858. The molecule has 47 heavy (non-hydrogen) atoms. The second-order valence-corrected chi connectivity index (χ2v) is 12.9. The van der Waals surface area contributed by atoms with Crippen LogP contribution in [0, 0.1) is 17.8 Å². The number of benzene rings is 2. The third-order valence-corrected chi connectivity index (χ3v) is 9.85. The quantitative estimate of drug-likeness (QED) is 0.290. The molecule has 2 aromatic rings. The van der Waals surface area contributed by atoms with E-state index in [4.69, 9.17) is 4.74 Å².